The number of thiophene rings is 1. The lowest BCUT2D eigenvalue weighted by Gasteiger charge is -2.06. The number of pyridine rings is 1. The molecule has 0 saturated carbocycles. The van der Waals surface area contributed by atoms with E-state index in [4.69, 9.17) is 0 Å². The Balaban J connectivity index is 1.66. The van der Waals surface area contributed by atoms with E-state index in [1.165, 1.54) is 29.5 Å². The summed E-state index contributed by atoms with van der Waals surface area (Å²) in [7, 11) is 0. The average molecular weight is 371 g/mol. The summed E-state index contributed by atoms with van der Waals surface area (Å²) in [5.41, 5.74) is 5.26. The van der Waals surface area contributed by atoms with Crippen LogP contribution >= 0.6 is 11.3 Å². The zero-order valence-corrected chi connectivity index (χ0v) is 14.4. The SMILES string of the molecule is Cc1ccc(C(=O)NNC(=O)c2ccc(-c3ccc(F)cc3)s2)c(=O)[nH]1. The van der Waals surface area contributed by atoms with E-state index in [0.717, 1.165) is 10.4 Å². The Morgan fingerprint density at radius 1 is 0.962 bits per heavy atom. The normalized spacial score (nSPS) is 10.4. The summed E-state index contributed by atoms with van der Waals surface area (Å²) in [6.45, 7) is 1.69. The smallest absolute Gasteiger partial charge is 0.279 e. The van der Waals surface area contributed by atoms with Crippen molar-refractivity contribution in [3.05, 3.63) is 80.8 Å². The molecule has 0 aliphatic carbocycles. The highest BCUT2D eigenvalue weighted by atomic mass is 32.1. The van der Waals surface area contributed by atoms with Gasteiger partial charge in [-0.2, -0.15) is 0 Å². The number of hydrazine groups is 1. The second kappa shape index (κ2) is 7.32. The number of aromatic nitrogens is 1. The van der Waals surface area contributed by atoms with Crippen molar-refractivity contribution in [3.8, 4) is 10.4 Å². The fourth-order valence-electron chi connectivity index (χ4n) is 2.22. The maximum atomic E-state index is 13.0. The van der Waals surface area contributed by atoms with E-state index in [9.17, 15) is 18.8 Å². The summed E-state index contributed by atoms with van der Waals surface area (Å²) < 4.78 is 13.0. The van der Waals surface area contributed by atoms with Crippen molar-refractivity contribution >= 4 is 23.2 Å². The van der Waals surface area contributed by atoms with Gasteiger partial charge in [0.05, 0.1) is 4.88 Å². The summed E-state index contributed by atoms with van der Waals surface area (Å²) in [5, 5.41) is 0. The molecule has 132 valence electrons. The van der Waals surface area contributed by atoms with Crippen LogP contribution in [0.2, 0.25) is 0 Å². The third kappa shape index (κ3) is 3.86. The van der Waals surface area contributed by atoms with Gasteiger partial charge in [-0.3, -0.25) is 25.2 Å². The van der Waals surface area contributed by atoms with Crippen LogP contribution in [0.5, 0.6) is 0 Å². The Labute approximate surface area is 151 Å². The van der Waals surface area contributed by atoms with E-state index in [0.29, 0.717) is 10.6 Å². The van der Waals surface area contributed by atoms with Crippen LogP contribution in [0.3, 0.4) is 0 Å². The number of benzene rings is 1. The van der Waals surface area contributed by atoms with E-state index < -0.39 is 17.4 Å². The van der Waals surface area contributed by atoms with E-state index in [-0.39, 0.29) is 11.4 Å². The van der Waals surface area contributed by atoms with E-state index >= 15 is 0 Å². The van der Waals surface area contributed by atoms with Crippen LogP contribution in [0, 0.1) is 12.7 Å². The highest BCUT2D eigenvalue weighted by Crippen LogP contribution is 2.28. The summed E-state index contributed by atoms with van der Waals surface area (Å²) in [6.07, 6.45) is 0. The standard InChI is InChI=1S/C18H14FN3O3S/c1-10-2-7-13(16(23)20-10)17(24)21-22-18(25)15-9-8-14(26-15)11-3-5-12(19)6-4-11/h2-9H,1H3,(H,20,23)(H,21,24)(H,22,25). The third-order valence-corrected chi connectivity index (χ3v) is 4.68. The first-order valence-corrected chi connectivity index (χ1v) is 8.42. The molecule has 2 aromatic heterocycles. The second-order valence-corrected chi connectivity index (χ2v) is 6.55. The number of carbonyl (C=O) groups is 2. The van der Waals surface area contributed by atoms with Gasteiger partial charge in [0.25, 0.3) is 17.4 Å². The minimum Gasteiger partial charge on any atom is -0.326 e. The number of halogens is 1. The molecule has 0 atom stereocenters. The highest BCUT2D eigenvalue weighted by molar-refractivity contribution is 7.17. The highest BCUT2D eigenvalue weighted by Gasteiger charge is 2.14. The molecular formula is C18H14FN3O3S. The summed E-state index contributed by atoms with van der Waals surface area (Å²) in [5.74, 6) is -1.56. The maximum absolute atomic E-state index is 13.0. The van der Waals surface area contributed by atoms with Gasteiger partial charge >= 0.3 is 0 Å². The molecule has 3 aromatic rings. The van der Waals surface area contributed by atoms with Gasteiger partial charge in [-0.05, 0) is 48.9 Å². The molecule has 0 bridgehead atoms. The lowest BCUT2D eigenvalue weighted by atomic mass is 10.2. The molecule has 0 fully saturated rings. The fraction of sp³-hybridized carbons (Fsp3) is 0.0556. The molecule has 3 rings (SSSR count). The quantitative estimate of drug-likeness (QED) is 0.618. The largest absolute Gasteiger partial charge is 0.326 e. The van der Waals surface area contributed by atoms with Gasteiger partial charge < -0.3 is 4.98 Å². The van der Waals surface area contributed by atoms with Crippen LogP contribution in [0.15, 0.2) is 53.3 Å². The number of nitrogens with one attached hydrogen (secondary N) is 3. The molecule has 1 aromatic carbocycles. The van der Waals surface area contributed by atoms with Crippen molar-refractivity contribution in [2.45, 2.75) is 6.92 Å². The van der Waals surface area contributed by atoms with Crippen molar-refractivity contribution < 1.29 is 14.0 Å². The zero-order chi connectivity index (χ0) is 18.7. The summed E-state index contributed by atoms with van der Waals surface area (Å²) in [6, 6.07) is 12.2. The molecule has 6 nitrogen and oxygen atoms in total. The van der Waals surface area contributed by atoms with Gasteiger partial charge in [0.15, 0.2) is 0 Å². The number of carbonyl (C=O) groups excluding carboxylic acids is 2. The summed E-state index contributed by atoms with van der Waals surface area (Å²) in [4.78, 5) is 39.5. The molecule has 26 heavy (non-hydrogen) atoms. The number of aryl methyl sites for hydroxylation is 1. The number of rotatable bonds is 3. The molecule has 0 radical (unpaired) electrons. The van der Waals surface area contributed by atoms with Gasteiger partial charge in [-0.15, -0.1) is 11.3 Å². The zero-order valence-electron chi connectivity index (χ0n) is 13.6. The number of amides is 2. The second-order valence-electron chi connectivity index (χ2n) is 5.46. The van der Waals surface area contributed by atoms with Crippen LogP contribution in [-0.4, -0.2) is 16.8 Å². The average Bonchev–Trinajstić information content (AvgIpc) is 3.10. The number of H-pyrrole nitrogens is 1. The molecule has 0 spiro atoms. The number of hydrogen-bond donors (Lipinski definition) is 3. The minimum absolute atomic E-state index is 0.103. The van der Waals surface area contributed by atoms with Crippen molar-refractivity contribution in [2.75, 3.05) is 0 Å². The number of aromatic amines is 1. The predicted molar refractivity (Wildman–Crippen MR) is 96.4 cm³/mol. The monoisotopic (exact) mass is 371 g/mol. The molecule has 2 heterocycles. The van der Waals surface area contributed by atoms with Crippen LogP contribution in [-0.2, 0) is 0 Å². The van der Waals surface area contributed by atoms with E-state index in [1.807, 2.05) is 0 Å². The van der Waals surface area contributed by atoms with E-state index in [2.05, 4.69) is 15.8 Å². The first-order valence-electron chi connectivity index (χ1n) is 7.60. The Morgan fingerprint density at radius 2 is 1.65 bits per heavy atom. The van der Waals surface area contributed by atoms with Crippen LogP contribution in [0.25, 0.3) is 10.4 Å². The predicted octanol–water partition coefficient (Wildman–Crippen LogP) is 2.63. The maximum Gasteiger partial charge on any atom is 0.279 e. The van der Waals surface area contributed by atoms with Gasteiger partial charge in [0.1, 0.15) is 11.4 Å². The molecule has 0 unspecified atom stereocenters. The minimum atomic E-state index is -0.713. The molecular weight excluding hydrogens is 357 g/mol. The van der Waals surface area contributed by atoms with Crippen molar-refractivity contribution in [1.82, 2.24) is 15.8 Å². The summed E-state index contributed by atoms with van der Waals surface area (Å²) >= 11 is 1.20. The first-order chi connectivity index (χ1) is 12.4. The van der Waals surface area contributed by atoms with Crippen LogP contribution < -0.4 is 16.4 Å². The van der Waals surface area contributed by atoms with Gasteiger partial charge in [-0.25, -0.2) is 4.39 Å². The number of hydrogen-bond acceptors (Lipinski definition) is 4. The van der Waals surface area contributed by atoms with E-state index in [1.54, 1.807) is 37.3 Å². The fourth-order valence-corrected chi connectivity index (χ4v) is 3.13. The van der Waals surface area contributed by atoms with Crippen molar-refractivity contribution in [1.29, 1.82) is 0 Å². The van der Waals surface area contributed by atoms with Gasteiger partial charge in [0.2, 0.25) is 0 Å². The third-order valence-electron chi connectivity index (χ3n) is 3.55. The molecule has 2 amide bonds. The van der Waals surface area contributed by atoms with Crippen molar-refractivity contribution in [2.24, 2.45) is 0 Å². The molecule has 0 aliphatic heterocycles. The Kier molecular flexibility index (Phi) is 4.94. The van der Waals surface area contributed by atoms with Gasteiger partial charge in [0, 0.05) is 10.6 Å². The molecule has 0 aliphatic rings. The Bertz CT molecular complexity index is 1020. The van der Waals surface area contributed by atoms with Crippen molar-refractivity contribution in [3.63, 3.8) is 0 Å². The Hall–Kier alpha value is -3.26. The molecule has 8 heteroatoms. The Morgan fingerprint density at radius 3 is 2.35 bits per heavy atom. The lowest BCUT2D eigenvalue weighted by molar-refractivity contribution is 0.0848. The molecule has 0 saturated heterocycles. The lowest BCUT2D eigenvalue weighted by Crippen LogP contribution is -2.43. The van der Waals surface area contributed by atoms with Crippen LogP contribution in [0.4, 0.5) is 4.39 Å². The van der Waals surface area contributed by atoms with Crippen LogP contribution in [0.1, 0.15) is 25.7 Å². The topological polar surface area (TPSA) is 91.1 Å². The molecule has 3 N–H and O–H groups in total. The van der Waals surface area contributed by atoms with Gasteiger partial charge in [-0.1, -0.05) is 12.1 Å². The first kappa shape index (κ1) is 17.6.